The summed E-state index contributed by atoms with van der Waals surface area (Å²) in [5.74, 6) is -6.32. The van der Waals surface area contributed by atoms with Crippen LogP contribution in [0.3, 0.4) is 0 Å². The lowest BCUT2D eigenvalue weighted by Crippen LogP contribution is -2.46. The number of Topliss-reactive ketones (excluding diaryl/α,β-unsaturated/α-hetero) is 1. The lowest BCUT2D eigenvalue weighted by atomic mass is 9.78. The minimum Gasteiger partial charge on any atom is -0.507 e. The van der Waals surface area contributed by atoms with Crippen LogP contribution in [0.25, 0.3) is 33.3 Å². The summed E-state index contributed by atoms with van der Waals surface area (Å²) < 4.78 is 30.2. The number of anilines is 1. The molecule has 0 radical (unpaired) electrons. The quantitative estimate of drug-likeness (QED) is 0.0780. The number of methoxy groups -OCH3 is 1. The zero-order valence-electron chi connectivity index (χ0n) is 38.8. The van der Waals surface area contributed by atoms with Crippen molar-refractivity contribution in [2.45, 2.75) is 111 Å². The highest BCUT2D eigenvalue weighted by molar-refractivity contribution is 6.21. The molecule has 7 rings (SSSR count). The summed E-state index contributed by atoms with van der Waals surface area (Å²) in [6.45, 7) is 14.5. The second-order valence-corrected chi connectivity index (χ2v) is 18.2. The molecule has 1 unspecified atom stereocenters. The Morgan fingerprint density at radius 1 is 0.924 bits per heavy atom. The number of allylic oxidation sites excluding steroid dienone is 2. The van der Waals surface area contributed by atoms with Gasteiger partial charge in [0.05, 0.1) is 35.9 Å². The van der Waals surface area contributed by atoms with Crippen LogP contribution in [0.15, 0.2) is 63.6 Å². The third-order valence-electron chi connectivity index (χ3n) is 13.8. The number of amides is 1. The number of rotatable bonds is 4. The third-order valence-corrected chi connectivity index (χ3v) is 13.8. The summed E-state index contributed by atoms with van der Waals surface area (Å²) in [6, 6.07) is 5.10. The molecule has 0 saturated carbocycles. The molecule has 0 spiro atoms. The fraction of sp³-hybridized carbons (Fsp3) is 0.500. The summed E-state index contributed by atoms with van der Waals surface area (Å²) in [5.41, 5.74) is 0.0412. The van der Waals surface area contributed by atoms with Crippen molar-refractivity contribution >= 4 is 45.2 Å². The van der Waals surface area contributed by atoms with Crippen LogP contribution in [0.1, 0.15) is 88.7 Å². The molecule has 5 aliphatic rings. The van der Waals surface area contributed by atoms with Crippen LogP contribution in [0.4, 0.5) is 5.69 Å². The number of carbonyl (C=O) groups excluding carboxylic acids is 3. The summed E-state index contributed by atoms with van der Waals surface area (Å²) in [7, 11) is 1.45. The number of ether oxygens (including phenoxy) is 4. The number of phenolic OH excluding ortho intramolecular Hbond substituents is 1. The molecule has 11 atom stereocenters. The number of aliphatic hydroxyl groups is 3. The van der Waals surface area contributed by atoms with Crippen LogP contribution in [0.2, 0.25) is 0 Å². The average molecular weight is 912 g/mol. The van der Waals surface area contributed by atoms with Gasteiger partial charge in [-0.2, -0.15) is 0 Å². The molecule has 1 saturated heterocycles. The van der Waals surface area contributed by atoms with Crippen molar-refractivity contribution in [1.29, 1.82) is 0 Å². The average Bonchev–Trinajstić information content (AvgIpc) is 3.56. The van der Waals surface area contributed by atoms with Gasteiger partial charge in [0, 0.05) is 66.2 Å². The number of aliphatic hydroxyl groups excluding tert-OH is 3. The predicted octanol–water partition coefficient (Wildman–Crippen LogP) is 6.02. The lowest BCUT2D eigenvalue weighted by Gasteiger charge is -2.38. The highest BCUT2D eigenvalue weighted by Gasteiger charge is 2.47. The largest absolute Gasteiger partial charge is 0.507 e. The number of benzene rings is 3. The molecule has 354 valence electrons. The monoisotopic (exact) mass is 911 g/mol. The van der Waals surface area contributed by atoms with E-state index < -0.39 is 95.1 Å². The van der Waals surface area contributed by atoms with Crippen LogP contribution in [-0.4, -0.2) is 100 Å². The van der Waals surface area contributed by atoms with Gasteiger partial charge in [0.15, 0.2) is 17.1 Å². The number of nitrogens with one attached hydrogen (secondary N) is 2. The molecular formula is C50H61N3O13. The van der Waals surface area contributed by atoms with Crippen molar-refractivity contribution in [2.75, 3.05) is 25.5 Å². The standard InChI is InChI=1S/C50H61N3O13/c1-22-11-10-12-23(2)49(60)53-41-46(59)39-37(40-48(41)66-34-21-31(13-14-32(34)52-40)65-30-15-18-51-19-16-30)38-35(25(4)45(39)58)36(26(5)44(38)57)50(61)63-20-17-33(62-9)24(3)47(64-29(8)54)28(7)43(56)27(6)42(22)55/h10-14,17,20-22,24,26-28,30,33,36,42-43,47,50-51,55-56,58,61H,15-16,18-19H2,1-9H3,(H,53,60)/b11-10+,20-17+,23-12-/t22-,24+,26+,27+,28+,33-,36?,42-,43+,47+,50+/m0/s1. The maximum absolute atomic E-state index is 14.8. The van der Waals surface area contributed by atoms with Gasteiger partial charge in [0.1, 0.15) is 40.6 Å². The Hall–Kier alpha value is -5.65. The van der Waals surface area contributed by atoms with Crippen molar-refractivity contribution < 1.29 is 58.2 Å². The highest BCUT2D eigenvalue weighted by Crippen LogP contribution is 2.51. The maximum Gasteiger partial charge on any atom is 0.302 e. The zero-order chi connectivity index (χ0) is 47.9. The van der Waals surface area contributed by atoms with Gasteiger partial charge in [0.25, 0.3) is 5.91 Å². The molecule has 16 heteroatoms. The van der Waals surface area contributed by atoms with E-state index in [-0.39, 0.29) is 61.9 Å². The number of hydrogen-bond donors (Lipinski definition) is 6. The van der Waals surface area contributed by atoms with Crippen LogP contribution in [0, 0.1) is 36.5 Å². The second-order valence-electron chi connectivity index (χ2n) is 18.2. The third kappa shape index (κ3) is 9.08. The first kappa shape index (κ1) is 48.3. The molecule has 6 N–H and O–H groups in total. The number of ketones is 1. The van der Waals surface area contributed by atoms with Gasteiger partial charge in [-0.05, 0) is 69.1 Å². The molecule has 16 nitrogen and oxygen atoms in total. The van der Waals surface area contributed by atoms with Gasteiger partial charge < -0.3 is 54.4 Å². The molecule has 3 heterocycles. The SMILES string of the molecule is CO[C@H]1/C=C/O[C@@H](O)C2c3c(C)c(O)c4c(=O)c(c5oc6cc(OC7CCNCC7)ccc6nc-5c4c3C(=O)[C@@H]2C)NC(=O)/C(C)=C\C=C\[C@H](C)[C@H](O)[C@@H](C)[C@@H](O)[C@@H](C)[C@H](OC(C)=O)[C@@H]1C. The molecule has 1 fully saturated rings. The first-order valence-electron chi connectivity index (χ1n) is 22.6. The van der Waals surface area contributed by atoms with Crippen LogP contribution in [-0.2, 0) is 23.8 Å². The molecule has 0 aromatic heterocycles. The van der Waals surface area contributed by atoms with E-state index >= 15 is 0 Å². The van der Waals surface area contributed by atoms with Gasteiger partial charge >= 0.3 is 5.97 Å². The number of aromatic hydroxyl groups is 1. The first-order chi connectivity index (χ1) is 31.4. The molecule has 1 amide bonds. The van der Waals surface area contributed by atoms with Crippen molar-refractivity contribution in [3.05, 3.63) is 81.3 Å². The van der Waals surface area contributed by atoms with Gasteiger partial charge in [-0.25, -0.2) is 4.98 Å². The van der Waals surface area contributed by atoms with Crippen LogP contribution < -0.4 is 20.8 Å². The molecule has 2 aliphatic carbocycles. The number of carbonyl (C=O) groups is 3. The number of fused-ring (bicyclic) bond motifs is 7. The predicted molar refractivity (Wildman–Crippen MR) is 246 cm³/mol. The summed E-state index contributed by atoms with van der Waals surface area (Å²) >= 11 is 0. The highest BCUT2D eigenvalue weighted by atomic mass is 16.6. The minimum atomic E-state index is -1.66. The Morgan fingerprint density at radius 3 is 2.32 bits per heavy atom. The molecule has 3 aliphatic heterocycles. The number of piperidine rings is 1. The smallest absolute Gasteiger partial charge is 0.302 e. The Morgan fingerprint density at radius 2 is 1.64 bits per heavy atom. The molecular weight excluding hydrogens is 851 g/mol. The second kappa shape index (κ2) is 19.7. The van der Waals surface area contributed by atoms with Crippen molar-refractivity contribution in [3.63, 3.8) is 0 Å². The van der Waals surface area contributed by atoms with Gasteiger partial charge in [-0.3, -0.25) is 19.2 Å². The summed E-state index contributed by atoms with van der Waals surface area (Å²) in [5, 5.41) is 52.6. The Bertz CT molecular complexity index is 2630. The molecule has 2 aromatic rings. The maximum atomic E-state index is 14.8. The van der Waals surface area contributed by atoms with E-state index in [1.54, 1.807) is 65.0 Å². The lowest BCUT2D eigenvalue weighted by molar-refractivity contribution is -0.160. The Kier molecular flexibility index (Phi) is 14.4. The molecule has 3 bridgehead atoms. The van der Waals surface area contributed by atoms with Crippen molar-refractivity contribution in [3.8, 4) is 23.0 Å². The fourth-order valence-electron chi connectivity index (χ4n) is 9.86. The van der Waals surface area contributed by atoms with E-state index in [1.807, 2.05) is 0 Å². The number of aromatic nitrogens is 1. The van der Waals surface area contributed by atoms with Gasteiger partial charge in [-0.1, -0.05) is 52.8 Å². The van der Waals surface area contributed by atoms with Gasteiger partial charge in [0.2, 0.25) is 11.7 Å². The van der Waals surface area contributed by atoms with E-state index in [1.165, 1.54) is 46.3 Å². The summed E-state index contributed by atoms with van der Waals surface area (Å²) in [4.78, 5) is 60.7. The van der Waals surface area contributed by atoms with E-state index in [2.05, 4.69) is 10.6 Å². The number of phenols is 1. The van der Waals surface area contributed by atoms with E-state index in [0.29, 0.717) is 11.3 Å². The number of esters is 1. The number of nitrogens with zero attached hydrogens (tertiary/aromatic N) is 1. The normalized spacial score (nSPS) is 31.3. The number of hydrogen-bond acceptors (Lipinski definition) is 15. The Labute approximate surface area is 383 Å². The molecule has 66 heavy (non-hydrogen) atoms. The first-order valence-corrected chi connectivity index (χ1v) is 22.6. The fourth-order valence-corrected chi connectivity index (χ4v) is 9.86. The Balaban J connectivity index is 1.42. The van der Waals surface area contributed by atoms with Crippen LogP contribution in [0.5, 0.6) is 11.5 Å². The topological polar surface area (TPSA) is 236 Å². The summed E-state index contributed by atoms with van der Waals surface area (Å²) in [6.07, 6.45) is 3.52. The van der Waals surface area contributed by atoms with E-state index in [9.17, 15) is 39.6 Å². The van der Waals surface area contributed by atoms with Crippen LogP contribution >= 0.6 is 0 Å². The minimum absolute atomic E-state index is 0.00235. The van der Waals surface area contributed by atoms with E-state index in [0.717, 1.165) is 25.9 Å². The molecule has 2 aromatic carbocycles. The zero-order valence-corrected chi connectivity index (χ0v) is 38.8. The van der Waals surface area contributed by atoms with E-state index in [4.69, 9.17) is 28.3 Å². The van der Waals surface area contributed by atoms with Crippen molar-refractivity contribution in [2.24, 2.45) is 29.6 Å². The van der Waals surface area contributed by atoms with Gasteiger partial charge in [-0.15, -0.1) is 0 Å². The van der Waals surface area contributed by atoms with Crippen molar-refractivity contribution in [1.82, 2.24) is 10.3 Å².